The summed E-state index contributed by atoms with van der Waals surface area (Å²) in [6, 6.07) is 31.4. The normalized spacial score (nSPS) is 27.5. The highest BCUT2D eigenvalue weighted by molar-refractivity contribution is 6.32. The summed E-state index contributed by atoms with van der Waals surface area (Å²) in [5, 5.41) is 12.0. The molecule has 2 aliphatic heterocycles. The predicted molar refractivity (Wildman–Crippen MR) is 208 cm³/mol. The van der Waals surface area contributed by atoms with Crippen molar-refractivity contribution >= 4 is 40.3 Å². The largest absolute Gasteiger partial charge is 0.504 e. The van der Waals surface area contributed by atoms with Crippen LogP contribution in [0.5, 0.6) is 11.5 Å². The van der Waals surface area contributed by atoms with Crippen LogP contribution in [0, 0.1) is 23.7 Å². The number of hydrogen-bond acceptors (Lipinski definition) is 8. The minimum absolute atomic E-state index is 0.110. The van der Waals surface area contributed by atoms with E-state index in [2.05, 4.69) is 4.90 Å². The van der Waals surface area contributed by atoms with E-state index in [0.717, 1.165) is 24.4 Å². The van der Waals surface area contributed by atoms with Crippen LogP contribution >= 0.6 is 0 Å². The van der Waals surface area contributed by atoms with Crippen LogP contribution in [0.15, 0.2) is 121 Å². The number of aromatic hydroxyl groups is 1. The number of carbonyl (C=O) groups is 4. The molecule has 278 valence electrons. The first-order valence-corrected chi connectivity index (χ1v) is 19.2. The van der Waals surface area contributed by atoms with Crippen molar-refractivity contribution in [2.75, 3.05) is 42.7 Å². The minimum Gasteiger partial charge on any atom is -0.504 e. The smallest absolute Gasteiger partial charge is 0.238 e. The highest BCUT2D eigenvalue weighted by Crippen LogP contribution is 2.65. The highest BCUT2D eigenvalue weighted by Gasteiger charge is 2.66. The summed E-state index contributed by atoms with van der Waals surface area (Å²) in [6.07, 6.45) is 3.96. The van der Waals surface area contributed by atoms with E-state index in [1.54, 1.807) is 18.2 Å². The number of phenols is 1. The Morgan fingerprint density at radius 3 is 2.20 bits per heavy atom. The molecule has 1 saturated carbocycles. The molecule has 0 unspecified atom stereocenters. The summed E-state index contributed by atoms with van der Waals surface area (Å²) in [6.45, 7) is 4.95. The Hall–Kier alpha value is -5.80. The lowest BCUT2D eigenvalue weighted by Gasteiger charge is -2.55. The molecule has 9 nitrogen and oxygen atoms in total. The molecule has 55 heavy (non-hydrogen) atoms. The second-order valence-corrected chi connectivity index (χ2v) is 15.0. The van der Waals surface area contributed by atoms with Gasteiger partial charge in [-0.05, 0) is 73.2 Å². The lowest BCUT2D eigenvalue weighted by Crippen LogP contribution is -2.58. The molecule has 5 aliphatic rings. The van der Waals surface area contributed by atoms with Gasteiger partial charge in [0.25, 0.3) is 0 Å². The van der Waals surface area contributed by atoms with E-state index in [1.807, 2.05) is 97.9 Å². The number of phenolic OH excluding ortho intramolecular Hbond substituents is 1. The van der Waals surface area contributed by atoms with Gasteiger partial charge < -0.3 is 19.5 Å². The van der Waals surface area contributed by atoms with Crippen LogP contribution in [0.2, 0.25) is 0 Å². The number of nitrogens with zero attached hydrogens (tertiary/aromatic N) is 2. The van der Waals surface area contributed by atoms with Crippen molar-refractivity contribution in [1.29, 1.82) is 0 Å². The van der Waals surface area contributed by atoms with Crippen LogP contribution in [0.1, 0.15) is 42.4 Å². The van der Waals surface area contributed by atoms with Crippen LogP contribution in [0.4, 0.5) is 11.4 Å². The second kappa shape index (κ2) is 13.8. The summed E-state index contributed by atoms with van der Waals surface area (Å²) >= 11 is 0. The fraction of sp³-hybridized carbons (Fsp3) is 0.304. The van der Waals surface area contributed by atoms with Crippen LogP contribution in [-0.4, -0.2) is 61.4 Å². The average molecular weight is 735 g/mol. The third-order valence-electron chi connectivity index (χ3n) is 12.5. The van der Waals surface area contributed by atoms with Gasteiger partial charge in [-0.25, -0.2) is 0 Å². The molecule has 0 radical (unpaired) electrons. The molecule has 4 aromatic carbocycles. The van der Waals surface area contributed by atoms with Gasteiger partial charge in [0.1, 0.15) is 0 Å². The van der Waals surface area contributed by atoms with Gasteiger partial charge in [-0.3, -0.25) is 24.1 Å². The molecule has 2 saturated heterocycles. The first-order valence-electron chi connectivity index (χ1n) is 19.2. The number of hydrogen-bond donors (Lipinski definition) is 1. The van der Waals surface area contributed by atoms with Gasteiger partial charge in [0, 0.05) is 41.7 Å². The number of carbonyl (C=O) groups excluding carboxylic acids is 4. The van der Waals surface area contributed by atoms with Crippen molar-refractivity contribution in [1.82, 2.24) is 0 Å². The quantitative estimate of drug-likeness (QED) is 0.166. The zero-order chi connectivity index (χ0) is 37.8. The molecule has 3 aliphatic carbocycles. The number of Topliss-reactive ketones (excluding diaryl/α,β-unsaturated/α-hetero) is 1. The molecule has 0 spiro atoms. The van der Waals surface area contributed by atoms with E-state index < -0.39 is 35.0 Å². The van der Waals surface area contributed by atoms with E-state index in [4.69, 9.17) is 9.47 Å². The third-order valence-corrected chi connectivity index (χ3v) is 12.5. The molecular weight excluding hydrogens is 693 g/mol. The maximum absolute atomic E-state index is 15.3. The number of fused-ring (bicyclic) bond motifs is 4. The molecule has 1 N–H and O–H groups in total. The molecule has 0 bridgehead atoms. The fourth-order valence-electron chi connectivity index (χ4n) is 10.2. The molecule has 2 amide bonds. The Morgan fingerprint density at radius 2 is 1.49 bits per heavy atom. The van der Waals surface area contributed by atoms with E-state index in [1.165, 1.54) is 11.0 Å². The first-order chi connectivity index (χ1) is 26.8. The van der Waals surface area contributed by atoms with E-state index >= 15 is 9.59 Å². The number of imide groups is 1. The Labute approximate surface area is 319 Å². The SMILES string of the molecule is CCOc1cccc([C@H]2C3=CC[C@@H]4C(=O)N(c5ccc(N6CCOCC6)cc5)C(=O)[C@@H]4[C@@H]3C[C@H]3C(=O)C(c4ccccc4)=CC(=O)[C@@]23c2ccccc2)c1O. The number of morpholine rings is 1. The van der Waals surface area contributed by atoms with Crippen LogP contribution in [0.25, 0.3) is 5.57 Å². The molecular formula is C46H42N2O7. The van der Waals surface area contributed by atoms with E-state index in [-0.39, 0.29) is 47.7 Å². The molecule has 3 fully saturated rings. The Bertz CT molecular complexity index is 2240. The molecule has 6 atom stereocenters. The van der Waals surface area contributed by atoms with Crippen LogP contribution < -0.4 is 14.5 Å². The van der Waals surface area contributed by atoms with Crippen molar-refractivity contribution in [3.63, 3.8) is 0 Å². The van der Waals surface area contributed by atoms with Crippen molar-refractivity contribution in [3.8, 4) is 11.5 Å². The van der Waals surface area contributed by atoms with Crippen molar-refractivity contribution < 1.29 is 33.8 Å². The minimum atomic E-state index is -1.45. The number of anilines is 2. The predicted octanol–water partition coefficient (Wildman–Crippen LogP) is 6.66. The zero-order valence-corrected chi connectivity index (χ0v) is 30.6. The van der Waals surface area contributed by atoms with Gasteiger partial charge in [0.05, 0.1) is 42.8 Å². The first kappa shape index (κ1) is 34.9. The van der Waals surface area contributed by atoms with Gasteiger partial charge >= 0.3 is 0 Å². The standard InChI is InChI=1S/C46H42N2O7/c1-2-55-38-15-9-14-34(43(38)51)41-32-20-21-33-40(45(53)48(44(33)52)31-18-16-30(17-19-31)47-22-24-54-25-23-47)36(32)26-37-42(50)35(28-10-5-3-6-11-28)27-39(49)46(37,41)29-12-7-4-8-13-29/h3-20,27,33,36-37,40-41,51H,2,21-26H2,1H3/t33-,36+,37-,40-,41+,46-/m0/s1. The number of ketones is 2. The Balaban J connectivity index is 1.20. The van der Waals surface area contributed by atoms with E-state index in [0.29, 0.717) is 47.8 Å². The maximum atomic E-state index is 15.3. The topological polar surface area (TPSA) is 113 Å². The lowest BCUT2D eigenvalue weighted by molar-refractivity contribution is -0.135. The summed E-state index contributed by atoms with van der Waals surface area (Å²) in [4.78, 5) is 63.1. The second-order valence-electron chi connectivity index (χ2n) is 15.0. The highest BCUT2D eigenvalue weighted by atomic mass is 16.5. The van der Waals surface area contributed by atoms with Gasteiger partial charge in [-0.15, -0.1) is 0 Å². The molecule has 0 aromatic heterocycles. The number of para-hydroxylation sites is 1. The Kier molecular flexibility index (Phi) is 8.77. The van der Waals surface area contributed by atoms with Crippen molar-refractivity contribution in [3.05, 3.63) is 138 Å². The van der Waals surface area contributed by atoms with Crippen molar-refractivity contribution in [2.45, 2.75) is 31.1 Å². The molecule has 2 heterocycles. The average Bonchev–Trinajstić information content (AvgIpc) is 3.49. The summed E-state index contributed by atoms with van der Waals surface area (Å²) in [5.41, 5.74) is 2.91. The van der Waals surface area contributed by atoms with Gasteiger partial charge in [-0.1, -0.05) is 84.4 Å². The summed E-state index contributed by atoms with van der Waals surface area (Å²) in [5.74, 6) is -4.55. The van der Waals surface area contributed by atoms with Crippen LogP contribution in [0.3, 0.4) is 0 Å². The lowest BCUT2D eigenvalue weighted by atomic mass is 9.44. The number of rotatable bonds is 7. The number of amides is 2. The molecule has 4 aromatic rings. The fourth-order valence-corrected chi connectivity index (χ4v) is 10.2. The Morgan fingerprint density at radius 1 is 0.800 bits per heavy atom. The zero-order valence-electron chi connectivity index (χ0n) is 30.6. The summed E-state index contributed by atoms with van der Waals surface area (Å²) in [7, 11) is 0. The number of benzene rings is 4. The van der Waals surface area contributed by atoms with E-state index in [9.17, 15) is 14.7 Å². The van der Waals surface area contributed by atoms with Crippen LogP contribution in [-0.2, 0) is 29.3 Å². The summed E-state index contributed by atoms with van der Waals surface area (Å²) < 4.78 is 11.4. The third kappa shape index (κ3) is 5.39. The molecule has 9 rings (SSSR count). The van der Waals surface area contributed by atoms with Gasteiger partial charge in [0.15, 0.2) is 23.1 Å². The number of allylic oxidation sites excluding steroid dienone is 4. The monoisotopic (exact) mass is 734 g/mol. The van der Waals surface area contributed by atoms with Crippen molar-refractivity contribution in [2.24, 2.45) is 23.7 Å². The number of ether oxygens (including phenoxy) is 2. The molecule has 9 heteroatoms. The maximum Gasteiger partial charge on any atom is 0.238 e. The van der Waals surface area contributed by atoms with Gasteiger partial charge in [-0.2, -0.15) is 0 Å². The van der Waals surface area contributed by atoms with Gasteiger partial charge in [0.2, 0.25) is 11.8 Å².